The van der Waals surface area contributed by atoms with E-state index in [2.05, 4.69) is 0 Å². The summed E-state index contributed by atoms with van der Waals surface area (Å²) in [6, 6.07) is 5.26. The average molecular weight is 245 g/mol. The van der Waals surface area contributed by atoms with Crippen LogP contribution in [-0.4, -0.2) is 27.3 Å². The van der Waals surface area contributed by atoms with Crippen molar-refractivity contribution in [3.8, 4) is 0 Å². The van der Waals surface area contributed by atoms with E-state index in [0.717, 1.165) is 11.1 Å². The lowest BCUT2D eigenvalue weighted by molar-refractivity contribution is 0.0166. The summed E-state index contributed by atoms with van der Waals surface area (Å²) in [4.78, 5) is 0. The standard InChI is InChI=1S/C12H17ClO3/c1-8-6-9(7-14)2-3-10(8)12(16)11(15)4-5-13/h2-3,6,11-12,14-16H,4-5,7H2,1H3. The highest BCUT2D eigenvalue weighted by molar-refractivity contribution is 6.17. The zero-order valence-corrected chi connectivity index (χ0v) is 9.98. The van der Waals surface area contributed by atoms with Gasteiger partial charge in [-0.3, -0.25) is 0 Å². The third-order valence-electron chi connectivity index (χ3n) is 2.60. The maximum absolute atomic E-state index is 9.89. The second-order valence-electron chi connectivity index (χ2n) is 3.84. The summed E-state index contributed by atoms with van der Waals surface area (Å²) in [6.07, 6.45) is -1.42. The summed E-state index contributed by atoms with van der Waals surface area (Å²) in [6.45, 7) is 1.81. The Bertz CT molecular complexity index is 341. The van der Waals surface area contributed by atoms with Gasteiger partial charge >= 0.3 is 0 Å². The molecule has 0 spiro atoms. The molecule has 3 nitrogen and oxygen atoms in total. The molecule has 90 valence electrons. The first-order chi connectivity index (χ1) is 7.60. The molecule has 2 atom stereocenters. The molecule has 1 rings (SSSR count). The van der Waals surface area contributed by atoms with E-state index in [1.54, 1.807) is 18.2 Å². The molecule has 0 aromatic heterocycles. The maximum Gasteiger partial charge on any atom is 0.105 e. The van der Waals surface area contributed by atoms with Gasteiger partial charge in [0.1, 0.15) is 6.10 Å². The van der Waals surface area contributed by atoms with E-state index in [0.29, 0.717) is 17.9 Å². The zero-order chi connectivity index (χ0) is 12.1. The number of halogens is 1. The minimum absolute atomic E-state index is 0.0263. The molecule has 0 aliphatic heterocycles. The normalized spacial score (nSPS) is 14.8. The lowest BCUT2D eigenvalue weighted by Crippen LogP contribution is -2.19. The predicted molar refractivity (Wildman–Crippen MR) is 63.4 cm³/mol. The minimum atomic E-state index is -0.925. The summed E-state index contributed by atoms with van der Waals surface area (Å²) in [5.41, 5.74) is 2.32. The Labute approximate surface area is 100 Å². The van der Waals surface area contributed by atoms with Gasteiger partial charge in [0.25, 0.3) is 0 Å². The third-order valence-corrected chi connectivity index (χ3v) is 2.82. The van der Waals surface area contributed by atoms with Gasteiger partial charge < -0.3 is 15.3 Å². The minimum Gasteiger partial charge on any atom is -0.392 e. The van der Waals surface area contributed by atoms with Crippen LogP contribution in [0.5, 0.6) is 0 Å². The fourth-order valence-electron chi connectivity index (χ4n) is 1.64. The Kier molecular flexibility index (Phi) is 5.22. The highest BCUT2D eigenvalue weighted by Gasteiger charge is 2.19. The van der Waals surface area contributed by atoms with E-state index in [1.807, 2.05) is 6.92 Å². The number of hydrogen-bond acceptors (Lipinski definition) is 3. The Morgan fingerprint density at radius 3 is 2.50 bits per heavy atom. The molecule has 0 saturated carbocycles. The summed E-state index contributed by atoms with van der Waals surface area (Å²) in [5.74, 6) is 0.312. The van der Waals surface area contributed by atoms with Crippen molar-refractivity contribution < 1.29 is 15.3 Å². The maximum atomic E-state index is 9.89. The molecule has 0 aliphatic rings. The van der Waals surface area contributed by atoms with E-state index in [1.165, 1.54) is 0 Å². The molecule has 0 aliphatic carbocycles. The van der Waals surface area contributed by atoms with Crippen LogP contribution in [0.1, 0.15) is 29.2 Å². The van der Waals surface area contributed by atoms with Gasteiger partial charge in [0, 0.05) is 5.88 Å². The topological polar surface area (TPSA) is 60.7 Å². The number of aryl methyl sites for hydroxylation is 1. The fourth-order valence-corrected chi connectivity index (χ4v) is 1.87. The van der Waals surface area contributed by atoms with Crippen molar-refractivity contribution in [2.24, 2.45) is 0 Å². The Balaban J connectivity index is 2.87. The van der Waals surface area contributed by atoms with Gasteiger partial charge in [0.2, 0.25) is 0 Å². The molecular weight excluding hydrogens is 228 g/mol. The number of aliphatic hydroxyl groups is 3. The molecular formula is C12H17ClO3. The van der Waals surface area contributed by atoms with Crippen LogP contribution in [0.3, 0.4) is 0 Å². The van der Waals surface area contributed by atoms with Crippen molar-refractivity contribution in [1.82, 2.24) is 0 Å². The second-order valence-corrected chi connectivity index (χ2v) is 4.22. The Morgan fingerprint density at radius 2 is 2.00 bits per heavy atom. The van der Waals surface area contributed by atoms with Crippen molar-refractivity contribution in [3.63, 3.8) is 0 Å². The first kappa shape index (κ1) is 13.5. The molecule has 4 heteroatoms. The molecule has 16 heavy (non-hydrogen) atoms. The lowest BCUT2D eigenvalue weighted by Gasteiger charge is -2.19. The number of alkyl halides is 1. The molecule has 0 amide bonds. The molecule has 1 aromatic rings. The lowest BCUT2D eigenvalue weighted by atomic mass is 9.96. The highest BCUT2D eigenvalue weighted by atomic mass is 35.5. The van der Waals surface area contributed by atoms with E-state index >= 15 is 0 Å². The molecule has 2 unspecified atom stereocenters. The fraction of sp³-hybridized carbons (Fsp3) is 0.500. The van der Waals surface area contributed by atoms with E-state index in [9.17, 15) is 10.2 Å². The van der Waals surface area contributed by atoms with Crippen molar-refractivity contribution in [2.45, 2.75) is 32.2 Å². The van der Waals surface area contributed by atoms with Crippen LogP contribution in [0.2, 0.25) is 0 Å². The van der Waals surface area contributed by atoms with Gasteiger partial charge in [-0.15, -0.1) is 11.6 Å². The highest BCUT2D eigenvalue weighted by Crippen LogP contribution is 2.23. The van der Waals surface area contributed by atoms with E-state index in [-0.39, 0.29) is 6.61 Å². The van der Waals surface area contributed by atoms with Crippen molar-refractivity contribution in [3.05, 3.63) is 34.9 Å². The molecule has 1 aromatic carbocycles. The SMILES string of the molecule is Cc1cc(CO)ccc1C(O)C(O)CCCl. The second kappa shape index (κ2) is 6.21. The molecule has 0 heterocycles. The van der Waals surface area contributed by atoms with Crippen LogP contribution < -0.4 is 0 Å². The van der Waals surface area contributed by atoms with Gasteiger partial charge in [-0.25, -0.2) is 0 Å². The monoisotopic (exact) mass is 244 g/mol. The number of hydrogen-bond donors (Lipinski definition) is 3. The summed E-state index contributed by atoms with van der Waals surface area (Å²) >= 11 is 5.51. The van der Waals surface area contributed by atoms with Crippen LogP contribution in [0.15, 0.2) is 18.2 Å². The third kappa shape index (κ3) is 3.19. The number of benzene rings is 1. The number of rotatable bonds is 5. The zero-order valence-electron chi connectivity index (χ0n) is 9.23. The van der Waals surface area contributed by atoms with Crippen molar-refractivity contribution >= 4 is 11.6 Å². The first-order valence-electron chi connectivity index (χ1n) is 5.22. The molecule has 0 radical (unpaired) electrons. The van der Waals surface area contributed by atoms with Crippen molar-refractivity contribution in [1.29, 1.82) is 0 Å². The first-order valence-corrected chi connectivity index (χ1v) is 5.76. The van der Waals surface area contributed by atoms with Gasteiger partial charge in [0.05, 0.1) is 12.7 Å². The summed E-state index contributed by atoms with van der Waals surface area (Å²) in [5, 5.41) is 28.5. The number of aliphatic hydroxyl groups excluding tert-OH is 3. The largest absolute Gasteiger partial charge is 0.392 e. The van der Waals surface area contributed by atoms with Gasteiger partial charge in [-0.05, 0) is 30.0 Å². The molecule has 0 fully saturated rings. The van der Waals surface area contributed by atoms with Gasteiger partial charge in [-0.2, -0.15) is 0 Å². The van der Waals surface area contributed by atoms with Crippen LogP contribution in [-0.2, 0) is 6.61 Å². The quantitative estimate of drug-likeness (QED) is 0.688. The summed E-state index contributed by atoms with van der Waals surface area (Å²) < 4.78 is 0. The predicted octanol–water partition coefficient (Wildman–Crippen LogP) is 1.51. The van der Waals surface area contributed by atoms with E-state index in [4.69, 9.17) is 16.7 Å². The molecule has 0 saturated heterocycles. The van der Waals surface area contributed by atoms with Gasteiger partial charge in [-0.1, -0.05) is 18.2 Å². The van der Waals surface area contributed by atoms with E-state index < -0.39 is 12.2 Å². The molecule has 3 N–H and O–H groups in total. The average Bonchev–Trinajstić information content (AvgIpc) is 2.28. The Morgan fingerprint density at radius 1 is 1.31 bits per heavy atom. The van der Waals surface area contributed by atoms with Crippen LogP contribution in [0.4, 0.5) is 0 Å². The smallest absolute Gasteiger partial charge is 0.105 e. The Hall–Kier alpha value is -0.610. The van der Waals surface area contributed by atoms with Crippen molar-refractivity contribution in [2.75, 3.05) is 5.88 Å². The van der Waals surface area contributed by atoms with Crippen LogP contribution in [0, 0.1) is 6.92 Å². The van der Waals surface area contributed by atoms with Crippen LogP contribution in [0.25, 0.3) is 0 Å². The molecule has 0 bridgehead atoms. The summed E-state index contributed by atoms with van der Waals surface area (Å²) in [7, 11) is 0. The van der Waals surface area contributed by atoms with Crippen LogP contribution >= 0.6 is 11.6 Å². The van der Waals surface area contributed by atoms with Gasteiger partial charge in [0.15, 0.2) is 0 Å².